The predicted molar refractivity (Wildman–Crippen MR) is 97.4 cm³/mol. The molecule has 2 aromatic rings. The molecule has 1 N–H and O–H groups in total. The highest BCUT2D eigenvalue weighted by molar-refractivity contribution is 7.89. The van der Waals surface area contributed by atoms with Crippen LogP contribution in [0.4, 0.5) is 0 Å². The Bertz CT molecular complexity index is 826. The maximum Gasteiger partial charge on any atom is 0.243 e. The van der Waals surface area contributed by atoms with Crippen molar-refractivity contribution in [3.8, 4) is 0 Å². The van der Waals surface area contributed by atoms with Crippen molar-refractivity contribution in [3.05, 3.63) is 59.9 Å². The van der Waals surface area contributed by atoms with Crippen LogP contribution in [0.3, 0.4) is 0 Å². The minimum absolute atomic E-state index is 0. The molecule has 1 unspecified atom stereocenters. The number of piperazine rings is 1. The van der Waals surface area contributed by atoms with E-state index >= 15 is 0 Å². The number of benzene rings is 1. The molecule has 1 aliphatic heterocycles. The second kappa shape index (κ2) is 8.05. The van der Waals surface area contributed by atoms with E-state index in [0.29, 0.717) is 25.2 Å². The average Bonchev–Trinajstić information content (AvgIpc) is 2.62. The number of nitrogens with one attached hydrogen (secondary N) is 1. The van der Waals surface area contributed by atoms with Crippen LogP contribution in [-0.2, 0) is 10.0 Å². The van der Waals surface area contributed by atoms with Crippen molar-refractivity contribution in [2.24, 2.45) is 0 Å². The Hall–Kier alpha value is -1.80. The van der Waals surface area contributed by atoms with Crippen molar-refractivity contribution >= 4 is 28.2 Å². The first-order valence-corrected chi connectivity index (χ1v) is 9.17. The van der Waals surface area contributed by atoms with Crippen LogP contribution in [0, 0.1) is 0 Å². The molecule has 1 aromatic carbocycles. The Morgan fingerprint density at radius 3 is 2.56 bits per heavy atom. The van der Waals surface area contributed by atoms with Gasteiger partial charge in [-0.25, -0.2) is 8.42 Å². The second-order valence-corrected chi connectivity index (χ2v) is 7.59. The van der Waals surface area contributed by atoms with Gasteiger partial charge in [0.25, 0.3) is 0 Å². The molecule has 134 valence electrons. The zero-order valence-corrected chi connectivity index (χ0v) is 15.4. The SMILES string of the molecule is CC(=O)c1ccc(S(=O)(=O)N2CCNCC2c2cccnc2)cc1.Cl. The van der Waals surface area contributed by atoms with Gasteiger partial charge in [0, 0.05) is 37.6 Å². The van der Waals surface area contributed by atoms with Crippen LogP contribution in [0.2, 0.25) is 0 Å². The summed E-state index contributed by atoms with van der Waals surface area (Å²) in [6.45, 7) is 2.98. The van der Waals surface area contributed by atoms with Gasteiger partial charge in [-0.3, -0.25) is 9.78 Å². The third kappa shape index (κ3) is 4.07. The van der Waals surface area contributed by atoms with Gasteiger partial charge >= 0.3 is 0 Å². The van der Waals surface area contributed by atoms with Crippen LogP contribution in [0.25, 0.3) is 0 Å². The number of hydrogen-bond acceptors (Lipinski definition) is 5. The van der Waals surface area contributed by atoms with Gasteiger partial charge in [0.2, 0.25) is 10.0 Å². The zero-order valence-electron chi connectivity index (χ0n) is 13.8. The molecule has 1 aliphatic rings. The molecule has 3 rings (SSSR count). The molecule has 0 spiro atoms. The van der Waals surface area contributed by atoms with Crippen molar-refractivity contribution in [1.29, 1.82) is 0 Å². The minimum atomic E-state index is -3.65. The van der Waals surface area contributed by atoms with Gasteiger partial charge in [0.05, 0.1) is 10.9 Å². The lowest BCUT2D eigenvalue weighted by Crippen LogP contribution is -2.48. The third-order valence-corrected chi connectivity index (χ3v) is 6.05. The number of pyridine rings is 1. The van der Waals surface area contributed by atoms with E-state index in [1.54, 1.807) is 30.6 Å². The molecule has 0 amide bonds. The first-order valence-electron chi connectivity index (χ1n) is 7.73. The molecular formula is C17H20ClN3O3S. The lowest BCUT2D eigenvalue weighted by Gasteiger charge is -2.35. The molecule has 8 heteroatoms. The van der Waals surface area contributed by atoms with E-state index in [1.165, 1.54) is 23.4 Å². The fraction of sp³-hybridized carbons (Fsp3) is 0.294. The molecule has 0 saturated carbocycles. The number of ketones is 1. The molecule has 0 bridgehead atoms. The first kappa shape index (κ1) is 19.5. The standard InChI is InChI=1S/C17H19N3O3S.ClH/c1-13(21)14-4-6-16(7-5-14)24(22,23)20-10-9-19-12-17(20)15-3-2-8-18-11-15;/h2-8,11,17,19H,9-10,12H2,1H3;1H. The largest absolute Gasteiger partial charge is 0.313 e. The number of aromatic nitrogens is 1. The summed E-state index contributed by atoms with van der Waals surface area (Å²) < 4.78 is 27.6. The Labute approximate surface area is 153 Å². The molecule has 1 fully saturated rings. The highest BCUT2D eigenvalue weighted by atomic mass is 35.5. The first-order chi connectivity index (χ1) is 11.5. The predicted octanol–water partition coefficient (Wildman–Crippen LogP) is 2.04. The van der Waals surface area contributed by atoms with Crippen LogP contribution in [0.1, 0.15) is 28.9 Å². The summed E-state index contributed by atoms with van der Waals surface area (Å²) in [4.78, 5) is 15.7. The molecule has 0 aliphatic carbocycles. The van der Waals surface area contributed by atoms with E-state index < -0.39 is 10.0 Å². The average molecular weight is 382 g/mol. The second-order valence-electron chi connectivity index (χ2n) is 5.70. The number of sulfonamides is 1. The van der Waals surface area contributed by atoms with Crippen LogP contribution in [-0.4, -0.2) is 43.1 Å². The van der Waals surface area contributed by atoms with Gasteiger partial charge in [-0.2, -0.15) is 4.31 Å². The van der Waals surface area contributed by atoms with Crippen LogP contribution in [0.5, 0.6) is 0 Å². The summed E-state index contributed by atoms with van der Waals surface area (Å²) in [6.07, 6.45) is 3.36. The lowest BCUT2D eigenvalue weighted by molar-refractivity contribution is 0.101. The van der Waals surface area contributed by atoms with Crippen LogP contribution in [0.15, 0.2) is 53.7 Å². The van der Waals surface area contributed by atoms with Crippen molar-refractivity contribution in [2.45, 2.75) is 17.9 Å². The molecular weight excluding hydrogens is 362 g/mol. The summed E-state index contributed by atoms with van der Waals surface area (Å²) in [5.74, 6) is -0.0886. The van der Waals surface area contributed by atoms with E-state index in [9.17, 15) is 13.2 Å². The highest BCUT2D eigenvalue weighted by Gasteiger charge is 2.34. The van der Waals surface area contributed by atoms with Crippen LogP contribution >= 0.6 is 12.4 Å². The van der Waals surface area contributed by atoms with Crippen molar-refractivity contribution in [1.82, 2.24) is 14.6 Å². The number of rotatable bonds is 4. The minimum Gasteiger partial charge on any atom is -0.313 e. The Morgan fingerprint density at radius 2 is 1.96 bits per heavy atom. The Kier molecular flexibility index (Phi) is 6.29. The maximum absolute atomic E-state index is 13.0. The summed E-state index contributed by atoms with van der Waals surface area (Å²) in [6, 6.07) is 9.48. The van der Waals surface area contributed by atoms with E-state index in [4.69, 9.17) is 0 Å². The fourth-order valence-electron chi connectivity index (χ4n) is 2.83. The van der Waals surface area contributed by atoms with Crippen LogP contribution < -0.4 is 5.32 Å². The number of carbonyl (C=O) groups is 1. The Balaban J connectivity index is 0.00000225. The summed E-state index contributed by atoms with van der Waals surface area (Å²) in [7, 11) is -3.65. The monoisotopic (exact) mass is 381 g/mol. The van der Waals surface area contributed by atoms with Gasteiger partial charge in [0.15, 0.2) is 5.78 Å². The quantitative estimate of drug-likeness (QED) is 0.820. The topological polar surface area (TPSA) is 79.4 Å². The highest BCUT2D eigenvalue weighted by Crippen LogP contribution is 2.28. The third-order valence-electron chi connectivity index (χ3n) is 4.13. The number of hydrogen-bond donors (Lipinski definition) is 1. The lowest BCUT2D eigenvalue weighted by atomic mass is 10.1. The molecule has 1 saturated heterocycles. The molecule has 2 heterocycles. The van der Waals surface area contributed by atoms with Gasteiger partial charge in [-0.1, -0.05) is 18.2 Å². The molecule has 1 aromatic heterocycles. The van der Waals surface area contributed by atoms with E-state index in [0.717, 1.165) is 5.56 Å². The van der Waals surface area contributed by atoms with E-state index in [-0.39, 0.29) is 29.1 Å². The van der Waals surface area contributed by atoms with Gasteiger partial charge < -0.3 is 5.32 Å². The Morgan fingerprint density at radius 1 is 1.24 bits per heavy atom. The number of halogens is 1. The molecule has 6 nitrogen and oxygen atoms in total. The number of carbonyl (C=O) groups excluding carboxylic acids is 1. The zero-order chi connectivity index (χ0) is 17.2. The summed E-state index contributed by atoms with van der Waals surface area (Å²) in [5, 5.41) is 3.23. The van der Waals surface area contributed by atoms with Crippen molar-refractivity contribution in [3.63, 3.8) is 0 Å². The van der Waals surface area contributed by atoms with Crippen molar-refractivity contribution < 1.29 is 13.2 Å². The van der Waals surface area contributed by atoms with E-state index in [1.807, 2.05) is 6.07 Å². The molecule has 0 radical (unpaired) electrons. The van der Waals surface area contributed by atoms with Crippen molar-refractivity contribution in [2.75, 3.05) is 19.6 Å². The fourth-order valence-corrected chi connectivity index (χ4v) is 4.44. The summed E-state index contributed by atoms with van der Waals surface area (Å²) >= 11 is 0. The van der Waals surface area contributed by atoms with Gasteiger partial charge in [-0.05, 0) is 30.7 Å². The van der Waals surface area contributed by atoms with Gasteiger partial charge in [0.1, 0.15) is 0 Å². The molecule has 25 heavy (non-hydrogen) atoms. The molecule has 1 atom stereocenters. The number of nitrogens with zero attached hydrogens (tertiary/aromatic N) is 2. The maximum atomic E-state index is 13.0. The van der Waals surface area contributed by atoms with E-state index in [2.05, 4.69) is 10.3 Å². The smallest absolute Gasteiger partial charge is 0.243 e. The van der Waals surface area contributed by atoms with Gasteiger partial charge in [-0.15, -0.1) is 12.4 Å². The summed E-state index contributed by atoms with van der Waals surface area (Å²) in [5.41, 5.74) is 1.35. The normalized spacial score (nSPS) is 18.4. The number of Topliss-reactive ketones (excluding diaryl/α,β-unsaturated/α-hetero) is 1.